The molecule has 18 heavy (non-hydrogen) atoms. The first-order valence-corrected chi connectivity index (χ1v) is 7.20. The molecule has 3 rings (SSSR count). The van der Waals surface area contributed by atoms with Gasteiger partial charge in [-0.15, -0.1) is 10.2 Å². The second-order valence-electron chi connectivity index (χ2n) is 4.95. The van der Waals surface area contributed by atoms with Crippen LogP contribution in [-0.2, 0) is 12.8 Å². The van der Waals surface area contributed by atoms with Gasteiger partial charge in [0.05, 0.1) is 0 Å². The first-order chi connectivity index (χ1) is 8.74. The number of aromatic nitrogens is 3. The SMILES string of the molecule is CC1CCCc2nnc(Cc3cccc(Br)c3)n21. The summed E-state index contributed by atoms with van der Waals surface area (Å²) in [5.74, 6) is 2.24. The second-order valence-corrected chi connectivity index (χ2v) is 5.87. The molecule has 1 aromatic carbocycles. The van der Waals surface area contributed by atoms with Crippen LogP contribution in [-0.4, -0.2) is 14.8 Å². The Morgan fingerprint density at radius 2 is 2.28 bits per heavy atom. The number of rotatable bonds is 2. The molecule has 1 aromatic heterocycles. The van der Waals surface area contributed by atoms with Crippen LogP contribution < -0.4 is 0 Å². The molecule has 1 aliphatic heterocycles. The van der Waals surface area contributed by atoms with Gasteiger partial charge in [-0.1, -0.05) is 28.1 Å². The van der Waals surface area contributed by atoms with Crippen molar-refractivity contribution in [2.45, 2.75) is 38.6 Å². The van der Waals surface area contributed by atoms with Gasteiger partial charge in [-0.25, -0.2) is 0 Å². The molecule has 0 bridgehead atoms. The standard InChI is InChI=1S/C14H16BrN3/c1-10-4-2-7-13-16-17-14(18(10)13)9-11-5-3-6-12(15)8-11/h3,5-6,8,10H,2,4,7,9H2,1H3. The number of aryl methyl sites for hydroxylation is 1. The summed E-state index contributed by atoms with van der Waals surface area (Å²) < 4.78 is 3.44. The Balaban J connectivity index is 1.92. The van der Waals surface area contributed by atoms with E-state index < -0.39 is 0 Å². The predicted molar refractivity (Wildman–Crippen MR) is 74.6 cm³/mol. The topological polar surface area (TPSA) is 30.7 Å². The third-order valence-corrected chi connectivity index (χ3v) is 4.04. The summed E-state index contributed by atoms with van der Waals surface area (Å²) in [6, 6.07) is 8.93. The van der Waals surface area contributed by atoms with E-state index in [0.717, 1.165) is 29.0 Å². The van der Waals surface area contributed by atoms with Gasteiger partial charge >= 0.3 is 0 Å². The molecule has 0 N–H and O–H groups in total. The third kappa shape index (κ3) is 2.21. The molecule has 4 heteroatoms. The summed E-state index contributed by atoms with van der Waals surface area (Å²) in [5, 5.41) is 8.70. The maximum Gasteiger partial charge on any atom is 0.137 e. The molecule has 0 radical (unpaired) electrons. The Morgan fingerprint density at radius 3 is 3.11 bits per heavy atom. The van der Waals surface area contributed by atoms with Gasteiger partial charge in [0.25, 0.3) is 0 Å². The molecule has 3 nitrogen and oxygen atoms in total. The normalized spacial score (nSPS) is 18.7. The molecule has 0 spiro atoms. The van der Waals surface area contributed by atoms with Crippen molar-refractivity contribution in [3.63, 3.8) is 0 Å². The maximum atomic E-state index is 4.37. The van der Waals surface area contributed by atoms with Crippen molar-refractivity contribution >= 4 is 15.9 Å². The van der Waals surface area contributed by atoms with Crippen molar-refractivity contribution in [2.24, 2.45) is 0 Å². The molecule has 0 fully saturated rings. The summed E-state index contributed by atoms with van der Waals surface area (Å²) in [7, 11) is 0. The summed E-state index contributed by atoms with van der Waals surface area (Å²) in [5.41, 5.74) is 1.28. The van der Waals surface area contributed by atoms with E-state index in [2.05, 4.69) is 55.8 Å². The van der Waals surface area contributed by atoms with E-state index in [0.29, 0.717) is 6.04 Å². The van der Waals surface area contributed by atoms with Crippen LogP contribution in [0.5, 0.6) is 0 Å². The summed E-state index contributed by atoms with van der Waals surface area (Å²) >= 11 is 3.51. The lowest BCUT2D eigenvalue weighted by Crippen LogP contribution is -2.17. The van der Waals surface area contributed by atoms with Crippen molar-refractivity contribution in [3.05, 3.63) is 46.0 Å². The third-order valence-electron chi connectivity index (χ3n) is 3.55. The second kappa shape index (κ2) is 4.84. The fourth-order valence-corrected chi connectivity index (χ4v) is 3.12. The minimum absolute atomic E-state index is 0.533. The van der Waals surface area contributed by atoms with Crippen molar-refractivity contribution in [1.82, 2.24) is 14.8 Å². The molecular formula is C14H16BrN3. The van der Waals surface area contributed by atoms with Gasteiger partial charge in [0.15, 0.2) is 0 Å². The van der Waals surface area contributed by atoms with E-state index in [1.807, 2.05) is 6.07 Å². The Kier molecular flexibility index (Phi) is 3.20. The fourth-order valence-electron chi connectivity index (χ4n) is 2.67. The van der Waals surface area contributed by atoms with Crippen LogP contribution >= 0.6 is 15.9 Å². The quantitative estimate of drug-likeness (QED) is 0.850. The van der Waals surface area contributed by atoms with Gasteiger partial charge in [-0.2, -0.15) is 0 Å². The highest BCUT2D eigenvalue weighted by Gasteiger charge is 2.21. The Bertz CT molecular complexity index is 562. The monoisotopic (exact) mass is 305 g/mol. The summed E-state index contributed by atoms with van der Waals surface area (Å²) in [4.78, 5) is 0. The van der Waals surface area contributed by atoms with Crippen molar-refractivity contribution < 1.29 is 0 Å². The zero-order valence-electron chi connectivity index (χ0n) is 10.4. The molecule has 94 valence electrons. The van der Waals surface area contributed by atoms with Crippen LogP contribution in [0.2, 0.25) is 0 Å². The van der Waals surface area contributed by atoms with Crippen molar-refractivity contribution in [2.75, 3.05) is 0 Å². The lowest BCUT2D eigenvalue weighted by atomic mass is 10.1. The number of hydrogen-bond acceptors (Lipinski definition) is 2. The fraction of sp³-hybridized carbons (Fsp3) is 0.429. The zero-order valence-corrected chi connectivity index (χ0v) is 12.0. The summed E-state index contributed by atoms with van der Waals surface area (Å²) in [6.45, 7) is 2.26. The first-order valence-electron chi connectivity index (χ1n) is 6.41. The van der Waals surface area contributed by atoms with Crippen LogP contribution in [0.25, 0.3) is 0 Å². The number of halogens is 1. The first kappa shape index (κ1) is 11.9. The number of fused-ring (bicyclic) bond motifs is 1. The molecule has 1 aliphatic rings. The predicted octanol–water partition coefficient (Wildman–Crippen LogP) is 3.53. The molecule has 0 amide bonds. The average Bonchev–Trinajstić information content (AvgIpc) is 2.74. The van der Waals surface area contributed by atoms with Crippen LogP contribution in [0.4, 0.5) is 0 Å². The molecular weight excluding hydrogens is 290 g/mol. The Morgan fingerprint density at radius 1 is 1.39 bits per heavy atom. The number of hydrogen-bond donors (Lipinski definition) is 0. The molecule has 0 aliphatic carbocycles. The van der Waals surface area contributed by atoms with E-state index in [-0.39, 0.29) is 0 Å². The van der Waals surface area contributed by atoms with Gasteiger partial charge < -0.3 is 4.57 Å². The van der Waals surface area contributed by atoms with Crippen LogP contribution in [0.3, 0.4) is 0 Å². The smallest absolute Gasteiger partial charge is 0.137 e. The Labute approximate surface area is 115 Å². The van der Waals surface area contributed by atoms with E-state index in [4.69, 9.17) is 0 Å². The van der Waals surface area contributed by atoms with E-state index in [1.165, 1.54) is 18.4 Å². The lowest BCUT2D eigenvalue weighted by Gasteiger charge is -2.22. The molecule has 1 unspecified atom stereocenters. The highest BCUT2D eigenvalue weighted by atomic mass is 79.9. The van der Waals surface area contributed by atoms with Crippen molar-refractivity contribution in [1.29, 1.82) is 0 Å². The van der Waals surface area contributed by atoms with Gasteiger partial charge in [0.1, 0.15) is 11.6 Å². The lowest BCUT2D eigenvalue weighted by molar-refractivity contribution is 0.416. The molecule has 1 atom stereocenters. The number of nitrogens with zero attached hydrogens (tertiary/aromatic N) is 3. The van der Waals surface area contributed by atoms with Gasteiger partial charge in [0.2, 0.25) is 0 Å². The minimum atomic E-state index is 0.533. The highest BCUT2D eigenvalue weighted by molar-refractivity contribution is 9.10. The summed E-state index contributed by atoms with van der Waals surface area (Å²) in [6.07, 6.45) is 4.39. The van der Waals surface area contributed by atoms with Crippen LogP contribution in [0.15, 0.2) is 28.7 Å². The van der Waals surface area contributed by atoms with Gasteiger partial charge in [-0.3, -0.25) is 0 Å². The van der Waals surface area contributed by atoms with E-state index >= 15 is 0 Å². The van der Waals surface area contributed by atoms with E-state index in [9.17, 15) is 0 Å². The van der Waals surface area contributed by atoms with Gasteiger partial charge in [0, 0.05) is 23.4 Å². The van der Waals surface area contributed by atoms with E-state index in [1.54, 1.807) is 0 Å². The van der Waals surface area contributed by atoms with Crippen LogP contribution in [0.1, 0.15) is 43.0 Å². The number of benzene rings is 1. The molecule has 2 aromatic rings. The Hall–Kier alpha value is -1.16. The molecule has 0 saturated carbocycles. The zero-order chi connectivity index (χ0) is 12.5. The van der Waals surface area contributed by atoms with Crippen molar-refractivity contribution in [3.8, 4) is 0 Å². The van der Waals surface area contributed by atoms with Gasteiger partial charge in [-0.05, 0) is 37.5 Å². The molecule has 0 saturated heterocycles. The maximum absolute atomic E-state index is 4.37. The average molecular weight is 306 g/mol. The van der Waals surface area contributed by atoms with Crippen LogP contribution in [0, 0.1) is 0 Å². The molecule has 2 heterocycles. The largest absolute Gasteiger partial charge is 0.312 e. The highest BCUT2D eigenvalue weighted by Crippen LogP contribution is 2.25. The minimum Gasteiger partial charge on any atom is -0.312 e.